The number of rotatable bonds is 2. The van der Waals surface area contributed by atoms with Crippen LogP contribution < -0.4 is 0 Å². The molecule has 22 heavy (non-hydrogen) atoms. The van der Waals surface area contributed by atoms with Crippen molar-refractivity contribution in [1.29, 1.82) is 0 Å². The Morgan fingerprint density at radius 1 is 0.591 bits per heavy atom. The van der Waals surface area contributed by atoms with Gasteiger partial charge in [-0.1, -0.05) is 38.1 Å². The molecule has 0 bridgehead atoms. The third-order valence-corrected chi connectivity index (χ3v) is 4.46. The van der Waals surface area contributed by atoms with Gasteiger partial charge in [-0.25, -0.2) is 0 Å². The van der Waals surface area contributed by atoms with Crippen molar-refractivity contribution in [2.75, 3.05) is 0 Å². The fraction of sp³-hybridized carbons (Fsp3) is 0.400. The molecule has 0 radical (unpaired) electrons. The molecule has 3 rings (SSSR count). The van der Waals surface area contributed by atoms with E-state index in [2.05, 4.69) is 0 Å². The van der Waals surface area contributed by atoms with Gasteiger partial charge in [-0.05, 0) is 72.9 Å². The highest BCUT2D eigenvalue weighted by atomic mass is 16.3. The van der Waals surface area contributed by atoms with Gasteiger partial charge in [-0.2, -0.15) is 0 Å². The molecule has 1 saturated carbocycles. The lowest BCUT2D eigenvalue weighted by molar-refractivity contribution is 0.395. The van der Waals surface area contributed by atoms with Gasteiger partial charge in [-0.15, -0.1) is 0 Å². The summed E-state index contributed by atoms with van der Waals surface area (Å²) in [5, 5.41) is 18.7. The minimum atomic E-state index is 0.339. The smallest absolute Gasteiger partial charge is 0.115 e. The van der Waals surface area contributed by atoms with E-state index in [0.29, 0.717) is 23.3 Å². The van der Waals surface area contributed by atoms with E-state index in [4.69, 9.17) is 0 Å². The molecule has 0 heterocycles. The van der Waals surface area contributed by atoms with Gasteiger partial charge in [0.25, 0.3) is 0 Å². The fourth-order valence-corrected chi connectivity index (χ4v) is 3.25. The van der Waals surface area contributed by atoms with Crippen molar-refractivity contribution in [2.24, 2.45) is 0 Å². The van der Waals surface area contributed by atoms with Crippen molar-refractivity contribution in [3.8, 4) is 11.5 Å². The molecule has 2 N–H and O–H groups in total. The molecule has 2 aromatic carbocycles. The molecule has 0 amide bonds. The Kier molecular flexibility index (Phi) is 5.88. The minimum absolute atomic E-state index is 0.339. The molecule has 1 fully saturated rings. The zero-order chi connectivity index (χ0) is 15.9. The average molecular weight is 298 g/mol. The standard InChI is InChI=1S/C18H20O2.C2H6/c19-17-9-5-15(6-10-17)13-1-2-14(4-3-13)16-7-11-18(20)12-8-16;1-2/h5-14,19-20H,1-4H2;1-2H3. The van der Waals surface area contributed by atoms with E-state index in [-0.39, 0.29) is 0 Å². The van der Waals surface area contributed by atoms with Gasteiger partial charge >= 0.3 is 0 Å². The number of aromatic hydroxyl groups is 2. The van der Waals surface area contributed by atoms with E-state index in [1.54, 1.807) is 24.3 Å². The molecular formula is C20H26O2. The Morgan fingerprint density at radius 2 is 0.864 bits per heavy atom. The van der Waals surface area contributed by atoms with Crippen molar-refractivity contribution in [2.45, 2.75) is 51.4 Å². The summed E-state index contributed by atoms with van der Waals surface area (Å²) in [6.45, 7) is 4.00. The van der Waals surface area contributed by atoms with Gasteiger partial charge in [0, 0.05) is 0 Å². The maximum Gasteiger partial charge on any atom is 0.115 e. The zero-order valence-electron chi connectivity index (χ0n) is 13.5. The molecule has 2 nitrogen and oxygen atoms in total. The van der Waals surface area contributed by atoms with E-state index in [1.165, 1.54) is 36.8 Å². The largest absolute Gasteiger partial charge is 0.508 e. The van der Waals surface area contributed by atoms with Crippen molar-refractivity contribution in [3.05, 3.63) is 59.7 Å². The van der Waals surface area contributed by atoms with Crippen LogP contribution in [0.15, 0.2) is 48.5 Å². The van der Waals surface area contributed by atoms with Crippen LogP contribution in [0.4, 0.5) is 0 Å². The third kappa shape index (κ3) is 4.03. The minimum Gasteiger partial charge on any atom is -0.508 e. The molecule has 0 saturated heterocycles. The molecule has 0 atom stereocenters. The van der Waals surface area contributed by atoms with Crippen LogP contribution in [-0.4, -0.2) is 10.2 Å². The van der Waals surface area contributed by atoms with Crippen LogP contribution in [0.1, 0.15) is 62.5 Å². The summed E-state index contributed by atoms with van der Waals surface area (Å²) in [7, 11) is 0. The van der Waals surface area contributed by atoms with E-state index >= 15 is 0 Å². The van der Waals surface area contributed by atoms with Crippen molar-refractivity contribution in [1.82, 2.24) is 0 Å². The zero-order valence-corrected chi connectivity index (χ0v) is 13.5. The highest BCUT2D eigenvalue weighted by Gasteiger charge is 2.23. The summed E-state index contributed by atoms with van der Waals surface area (Å²) in [5.74, 6) is 1.91. The van der Waals surface area contributed by atoms with Gasteiger partial charge in [-0.3, -0.25) is 0 Å². The first-order valence-corrected chi connectivity index (χ1v) is 8.30. The first-order valence-electron chi connectivity index (χ1n) is 8.30. The maximum absolute atomic E-state index is 9.35. The monoisotopic (exact) mass is 298 g/mol. The molecule has 0 aliphatic heterocycles. The van der Waals surface area contributed by atoms with Gasteiger partial charge in [0.15, 0.2) is 0 Å². The van der Waals surface area contributed by atoms with Crippen LogP contribution in [0.3, 0.4) is 0 Å². The molecule has 0 unspecified atom stereocenters. The Labute approximate surface area is 133 Å². The second-order valence-electron chi connectivity index (χ2n) is 5.73. The SMILES string of the molecule is CC.Oc1ccc(C2CCC(c3ccc(O)cc3)CC2)cc1. The summed E-state index contributed by atoms with van der Waals surface area (Å²) in [5.41, 5.74) is 2.68. The average Bonchev–Trinajstić information content (AvgIpc) is 2.58. The van der Waals surface area contributed by atoms with Crippen LogP contribution in [-0.2, 0) is 0 Å². The summed E-state index contributed by atoms with van der Waals surface area (Å²) >= 11 is 0. The van der Waals surface area contributed by atoms with E-state index in [1.807, 2.05) is 38.1 Å². The summed E-state index contributed by atoms with van der Waals surface area (Å²) in [4.78, 5) is 0. The molecule has 1 aliphatic rings. The van der Waals surface area contributed by atoms with Crippen molar-refractivity contribution < 1.29 is 10.2 Å². The number of hydrogen-bond acceptors (Lipinski definition) is 2. The van der Waals surface area contributed by atoms with Crippen LogP contribution in [0.5, 0.6) is 11.5 Å². The van der Waals surface area contributed by atoms with Gasteiger partial charge < -0.3 is 10.2 Å². The third-order valence-electron chi connectivity index (χ3n) is 4.46. The van der Waals surface area contributed by atoms with E-state index < -0.39 is 0 Å². The lowest BCUT2D eigenvalue weighted by Gasteiger charge is -2.29. The number of phenols is 2. The molecule has 1 aliphatic carbocycles. The Bertz CT molecular complexity index is 496. The lowest BCUT2D eigenvalue weighted by Crippen LogP contribution is -2.12. The first kappa shape index (κ1) is 16.4. The fourth-order valence-electron chi connectivity index (χ4n) is 3.25. The first-order chi connectivity index (χ1) is 10.7. The van der Waals surface area contributed by atoms with Crippen LogP contribution in [0.2, 0.25) is 0 Å². The predicted octanol–water partition coefficient (Wildman–Crippen LogP) is 5.57. The topological polar surface area (TPSA) is 40.5 Å². The van der Waals surface area contributed by atoms with Crippen LogP contribution >= 0.6 is 0 Å². The summed E-state index contributed by atoms with van der Waals surface area (Å²) in [6.07, 6.45) is 4.76. The van der Waals surface area contributed by atoms with Gasteiger partial charge in [0.05, 0.1) is 0 Å². The van der Waals surface area contributed by atoms with E-state index in [9.17, 15) is 10.2 Å². The van der Waals surface area contributed by atoms with Crippen molar-refractivity contribution >= 4 is 0 Å². The van der Waals surface area contributed by atoms with Crippen LogP contribution in [0, 0.1) is 0 Å². The number of hydrogen-bond donors (Lipinski definition) is 2. The van der Waals surface area contributed by atoms with Crippen molar-refractivity contribution in [3.63, 3.8) is 0 Å². The lowest BCUT2D eigenvalue weighted by atomic mass is 9.76. The Hall–Kier alpha value is -1.96. The maximum atomic E-state index is 9.35. The molecule has 0 aromatic heterocycles. The normalized spacial score (nSPS) is 20.8. The quantitative estimate of drug-likeness (QED) is 0.761. The summed E-state index contributed by atoms with van der Waals surface area (Å²) in [6, 6.07) is 15.3. The Morgan fingerprint density at radius 3 is 1.14 bits per heavy atom. The summed E-state index contributed by atoms with van der Waals surface area (Å²) < 4.78 is 0. The van der Waals surface area contributed by atoms with Gasteiger partial charge in [0.2, 0.25) is 0 Å². The number of phenolic OH excluding ortho intramolecular Hbond substituents is 2. The predicted molar refractivity (Wildman–Crippen MR) is 91.5 cm³/mol. The van der Waals surface area contributed by atoms with Gasteiger partial charge in [0.1, 0.15) is 11.5 Å². The molecular weight excluding hydrogens is 272 g/mol. The van der Waals surface area contributed by atoms with Crippen LogP contribution in [0.25, 0.3) is 0 Å². The molecule has 2 aromatic rings. The Balaban J connectivity index is 0.000000847. The molecule has 118 valence electrons. The van der Waals surface area contributed by atoms with E-state index in [0.717, 1.165) is 0 Å². The number of benzene rings is 2. The molecule has 2 heteroatoms. The highest BCUT2D eigenvalue weighted by Crippen LogP contribution is 2.40. The second-order valence-corrected chi connectivity index (χ2v) is 5.73. The highest BCUT2D eigenvalue weighted by molar-refractivity contribution is 5.31. The second kappa shape index (κ2) is 7.88. The molecule has 0 spiro atoms.